The Kier molecular flexibility index (Phi) is 7.01. The molecule has 0 unspecified atom stereocenters. The van der Waals surface area contributed by atoms with Crippen LogP contribution in [0.2, 0.25) is 0 Å². The first-order valence-corrected chi connectivity index (χ1v) is 12.9. The van der Waals surface area contributed by atoms with Crippen LogP contribution in [0.4, 0.5) is 17.2 Å². The molecule has 0 fully saturated rings. The largest absolute Gasteiger partial charge is 0.383 e. The van der Waals surface area contributed by atoms with Gasteiger partial charge in [-0.25, -0.2) is 13.2 Å². The number of nitrogens with zero attached hydrogens (tertiary/aromatic N) is 3. The summed E-state index contributed by atoms with van der Waals surface area (Å²) in [6.45, 7) is 6.66. The molecule has 3 N–H and O–H groups in total. The van der Waals surface area contributed by atoms with Gasteiger partial charge in [-0.05, 0) is 42.5 Å². The Labute approximate surface area is 193 Å². The average molecular weight is 478 g/mol. The Balaban J connectivity index is 2.08. The van der Waals surface area contributed by atoms with Gasteiger partial charge in [-0.15, -0.1) is 0 Å². The second-order valence-electron chi connectivity index (χ2n) is 8.74. The molecule has 3 rings (SSSR count). The van der Waals surface area contributed by atoms with Crippen LogP contribution < -0.4 is 26.2 Å². The van der Waals surface area contributed by atoms with Gasteiger partial charge in [0.15, 0.2) is 5.69 Å². The van der Waals surface area contributed by atoms with Crippen LogP contribution in [0.25, 0.3) is 0 Å². The standard InChI is InChI=1S/C22H31N5O5S/c1-5-6-10-25(18-19(23)26(13-14(2)3)22(30)24-20(18)28)21(29)16-7-8-17-15(12-16)9-11-27(17)33(4,31)32/h7-8,12,14H,5-6,9-11,13,23H2,1-4H3,(H,24,28,30). The minimum Gasteiger partial charge on any atom is -0.383 e. The summed E-state index contributed by atoms with van der Waals surface area (Å²) >= 11 is 0. The van der Waals surface area contributed by atoms with Gasteiger partial charge in [-0.2, -0.15) is 0 Å². The zero-order valence-corrected chi connectivity index (χ0v) is 20.2. The van der Waals surface area contributed by atoms with Crippen molar-refractivity contribution in [3.63, 3.8) is 0 Å². The number of aromatic amines is 1. The number of unbranched alkanes of at least 4 members (excludes halogenated alkanes) is 1. The van der Waals surface area contributed by atoms with E-state index in [9.17, 15) is 22.8 Å². The minimum atomic E-state index is -3.41. The molecule has 0 spiro atoms. The van der Waals surface area contributed by atoms with Gasteiger partial charge in [0, 0.05) is 25.2 Å². The van der Waals surface area contributed by atoms with Crippen LogP contribution in [0.1, 0.15) is 49.5 Å². The molecule has 10 nitrogen and oxygen atoms in total. The van der Waals surface area contributed by atoms with Gasteiger partial charge >= 0.3 is 5.69 Å². The average Bonchev–Trinajstić information content (AvgIpc) is 3.16. The summed E-state index contributed by atoms with van der Waals surface area (Å²) in [5.41, 5.74) is 6.49. The number of rotatable bonds is 8. The molecule has 1 aliphatic rings. The van der Waals surface area contributed by atoms with E-state index in [2.05, 4.69) is 4.98 Å². The molecule has 1 aromatic carbocycles. The van der Waals surface area contributed by atoms with E-state index in [0.29, 0.717) is 37.2 Å². The van der Waals surface area contributed by atoms with Gasteiger partial charge in [0.2, 0.25) is 10.0 Å². The molecule has 2 heterocycles. The summed E-state index contributed by atoms with van der Waals surface area (Å²) < 4.78 is 26.6. The van der Waals surface area contributed by atoms with E-state index >= 15 is 0 Å². The lowest BCUT2D eigenvalue weighted by Gasteiger charge is -2.25. The first kappa shape index (κ1) is 24.6. The number of carbonyl (C=O) groups excluding carboxylic acids is 1. The van der Waals surface area contributed by atoms with Crippen LogP contribution in [-0.4, -0.2) is 43.2 Å². The lowest BCUT2D eigenvalue weighted by atomic mass is 10.1. The lowest BCUT2D eigenvalue weighted by Crippen LogP contribution is -2.42. The molecule has 0 saturated carbocycles. The smallest absolute Gasteiger partial charge is 0.330 e. The molecular formula is C22H31N5O5S. The Bertz CT molecular complexity index is 1280. The van der Waals surface area contributed by atoms with E-state index in [1.54, 1.807) is 18.2 Å². The van der Waals surface area contributed by atoms with E-state index in [-0.39, 0.29) is 24.0 Å². The summed E-state index contributed by atoms with van der Waals surface area (Å²) in [6.07, 6.45) is 3.04. The number of H-pyrrole nitrogens is 1. The molecular weight excluding hydrogens is 446 g/mol. The quantitative estimate of drug-likeness (QED) is 0.591. The van der Waals surface area contributed by atoms with Gasteiger partial charge in [0.05, 0.1) is 11.9 Å². The zero-order valence-electron chi connectivity index (χ0n) is 19.4. The maximum atomic E-state index is 13.6. The monoisotopic (exact) mass is 477 g/mol. The van der Waals surface area contributed by atoms with Crippen LogP contribution in [0.3, 0.4) is 0 Å². The van der Waals surface area contributed by atoms with Gasteiger partial charge in [-0.3, -0.25) is 23.4 Å². The topological polar surface area (TPSA) is 139 Å². The summed E-state index contributed by atoms with van der Waals surface area (Å²) in [5, 5.41) is 0. The van der Waals surface area contributed by atoms with E-state index in [1.807, 2.05) is 20.8 Å². The summed E-state index contributed by atoms with van der Waals surface area (Å²) in [6, 6.07) is 4.83. The number of carbonyl (C=O) groups is 1. The van der Waals surface area contributed by atoms with Crippen molar-refractivity contribution in [1.29, 1.82) is 0 Å². The van der Waals surface area contributed by atoms with Crippen molar-refractivity contribution in [2.24, 2.45) is 5.92 Å². The molecule has 1 amide bonds. The van der Waals surface area contributed by atoms with Crippen LogP contribution in [0.5, 0.6) is 0 Å². The van der Waals surface area contributed by atoms with Crippen molar-refractivity contribution in [2.45, 2.75) is 46.6 Å². The number of benzene rings is 1. The van der Waals surface area contributed by atoms with Crippen molar-refractivity contribution >= 4 is 33.1 Å². The van der Waals surface area contributed by atoms with Crippen molar-refractivity contribution in [2.75, 3.05) is 34.3 Å². The molecule has 2 aromatic rings. The fraction of sp³-hybridized carbons (Fsp3) is 0.500. The van der Waals surface area contributed by atoms with E-state index in [1.165, 1.54) is 13.8 Å². The summed E-state index contributed by atoms with van der Waals surface area (Å²) in [7, 11) is -3.41. The molecule has 0 radical (unpaired) electrons. The van der Waals surface area contributed by atoms with E-state index in [0.717, 1.165) is 18.2 Å². The number of hydrogen-bond donors (Lipinski definition) is 2. The number of sulfonamides is 1. The SMILES string of the molecule is CCCCN(C(=O)c1ccc2c(c1)CCN2S(C)(=O)=O)c1c(N)n(CC(C)C)c(=O)[nH]c1=O. The molecule has 33 heavy (non-hydrogen) atoms. The fourth-order valence-electron chi connectivity index (χ4n) is 4.02. The number of nitrogen functional groups attached to an aromatic ring is 1. The molecule has 0 saturated heterocycles. The fourth-order valence-corrected chi connectivity index (χ4v) is 4.98. The molecule has 180 valence electrons. The minimum absolute atomic E-state index is 0.0491. The third-order valence-corrected chi connectivity index (χ3v) is 6.77. The second-order valence-corrected chi connectivity index (χ2v) is 10.6. The third kappa shape index (κ3) is 4.97. The first-order valence-electron chi connectivity index (χ1n) is 11.0. The van der Waals surface area contributed by atoms with Crippen LogP contribution in [0, 0.1) is 5.92 Å². The Hall–Kier alpha value is -3.08. The summed E-state index contributed by atoms with van der Waals surface area (Å²) in [5.74, 6) is -0.389. The molecule has 11 heteroatoms. The van der Waals surface area contributed by atoms with Gasteiger partial charge in [0.1, 0.15) is 5.82 Å². The van der Waals surface area contributed by atoms with Crippen molar-refractivity contribution in [1.82, 2.24) is 9.55 Å². The third-order valence-electron chi connectivity index (χ3n) is 5.59. The highest BCUT2D eigenvalue weighted by Crippen LogP contribution is 2.31. The van der Waals surface area contributed by atoms with Gasteiger partial charge in [-0.1, -0.05) is 27.2 Å². The highest BCUT2D eigenvalue weighted by molar-refractivity contribution is 7.92. The van der Waals surface area contributed by atoms with Crippen LogP contribution >= 0.6 is 0 Å². The number of nitrogens with two attached hydrogens (primary N) is 1. The number of aromatic nitrogens is 2. The van der Waals surface area contributed by atoms with Gasteiger partial charge in [0.25, 0.3) is 11.5 Å². The van der Waals surface area contributed by atoms with Crippen molar-refractivity contribution in [3.8, 4) is 0 Å². The molecule has 0 aliphatic carbocycles. The maximum Gasteiger partial charge on any atom is 0.330 e. The normalized spacial score (nSPS) is 13.4. The highest BCUT2D eigenvalue weighted by Gasteiger charge is 2.29. The molecule has 0 atom stereocenters. The highest BCUT2D eigenvalue weighted by atomic mass is 32.2. The van der Waals surface area contributed by atoms with Gasteiger partial charge < -0.3 is 10.6 Å². The van der Waals surface area contributed by atoms with E-state index < -0.39 is 27.2 Å². The van der Waals surface area contributed by atoms with Crippen LogP contribution in [0.15, 0.2) is 27.8 Å². The number of nitrogens with one attached hydrogen (secondary N) is 1. The number of anilines is 3. The maximum absolute atomic E-state index is 13.6. The Morgan fingerprint density at radius 2 is 1.97 bits per heavy atom. The summed E-state index contributed by atoms with van der Waals surface area (Å²) in [4.78, 5) is 42.3. The molecule has 0 bridgehead atoms. The zero-order chi connectivity index (χ0) is 24.5. The molecule has 1 aromatic heterocycles. The number of amides is 1. The number of fused-ring (bicyclic) bond motifs is 1. The lowest BCUT2D eigenvalue weighted by molar-refractivity contribution is 0.0986. The van der Waals surface area contributed by atoms with Crippen LogP contribution in [-0.2, 0) is 23.0 Å². The van der Waals surface area contributed by atoms with Crippen molar-refractivity contribution < 1.29 is 13.2 Å². The Morgan fingerprint density at radius 3 is 2.58 bits per heavy atom. The predicted molar refractivity (Wildman–Crippen MR) is 129 cm³/mol. The number of hydrogen-bond acceptors (Lipinski definition) is 6. The Morgan fingerprint density at radius 1 is 1.27 bits per heavy atom. The van der Waals surface area contributed by atoms with E-state index in [4.69, 9.17) is 5.73 Å². The first-order chi connectivity index (χ1) is 15.5. The second kappa shape index (κ2) is 9.42. The van der Waals surface area contributed by atoms with Crippen molar-refractivity contribution in [3.05, 3.63) is 50.2 Å². The molecule has 1 aliphatic heterocycles. The predicted octanol–water partition coefficient (Wildman–Crippen LogP) is 1.54.